The Bertz CT molecular complexity index is 476. The van der Waals surface area contributed by atoms with E-state index in [1.165, 1.54) is 0 Å². The van der Waals surface area contributed by atoms with E-state index in [2.05, 4.69) is 42.2 Å². The molecular formula is C14H20N4. The first kappa shape index (κ1) is 12.8. The van der Waals surface area contributed by atoms with E-state index in [-0.39, 0.29) is 6.04 Å². The van der Waals surface area contributed by atoms with Crippen molar-refractivity contribution in [2.75, 3.05) is 0 Å². The van der Waals surface area contributed by atoms with Crippen molar-refractivity contribution in [3.63, 3.8) is 0 Å². The van der Waals surface area contributed by atoms with Crippen molar-refractivity contribution in [1.29, 1.82) is 0 Å². The summed E-state index contributed by atoms with van der Waals surface area (Å²) in [7, 11) is 0. The number of pyridine rings is 1. The van der Waals surface area contributed by atoms with E-state index < -0.39 is 0 Å². The lowest BCUT2D eigenvalue weighted by atomic mass is 10.2. The molecule has 0 saturated heterocycles. The Kier molecular flexibility index (Phi) is 4.10. The summed E-state index contributed by atoms with van der Waals surface area (Å²) in [5, 5.41) is 7.94. The third-order valence-corrected chi connectivity index (χ3v) is 2.91. The number of rotatable bonds is 5. The summed E-state index contributed by atoms with van der Waals surface area (Å²) in [6.07, 6.45) is 3.84. The van der Waals surface area contributed by atoms with Crippen molar-refractivity contribution >= 4 is 0 Å². The van der Waals surface area contributed by atoms with Crippen LogP contribution in [0.4, 0.5) is 0 Å². The molecule has 0 saturated carbocycles. The molecule has 4 nitrogen and oxygen atoms in total. The molecule has 1 atom stereocenters. The van der Waals surface area contributed by atoms with Gasteiger partial charge in [0, 0.05) is 31.0 Å². The van der Waals surface area contributed by atoms with Crippen LogP contribution in [-0.4, -0.2) is 14.8 Å². The van der Waals surface area contributed by atoms with Gasteiger partial charge in [0.25, 0.3) is 0 Å². The molecule has 0 bridgehead atoms. The fraction of sp³-hybridized carbons (Fsp3) is 0.429. The highest BCUT2D eigenvalue weighted by molar-refractivity contribution is 5.08. The molecule has 0 spiro atoms. The first-order valence-corrected chi connectivity index (χ1v) is 6.35. The molecule has 0 fully saturated rings. The number of hydrogen-bond acceptors (Lipinski definition) is 3. The zero-order chi connectivity index (χ0) is 13.0. The van der Waals surface area contributed by atoms with E-state index in [9.17, 15) is 0 Å². The summed E-state index contributed by atoms with van der Waals surface area (Å²) in [5.74, 6) is 0. The number of nitrogens with one attached hydrogen (secondary N) is 1. The Morgan fingerprint density at radius 3 is 2.67 bits per heavy atom. The quantitative estimate of drug-likeness (QED) is 0.879. The summed E-state index contributed by atoms with van der Waals surface area (Å²) < 4.78 is 1.97. The Morgan fingerprint density at radius 1 is 1.22 bits per heavy atom. The molecule has 0 amide bonds. The van der Waals surface area contributed by atoms with Gasteiger partial charge < -0.3 is 5.32 Å². The first-order chi connectivity index (χ1) is 8.66. The van der Waals surface area contributed by atoms with Gasteiger partial charge in [0.05, 0.1) is 11.4 Å². The molecule has 2 aromatic heterocycles. The number of aromatic nitrogens is 3. The minimum atomic E-state index is 0.232. The Balaban J connectivity index is 1.91. The molecule has 0 aromatic carbocycles. The summed E-state index contributed by atoms with van der Waals surface area (Å²) in [6, 6.07) is 8.67. The summed E-state index contributed by atoms with van der Waals surface area (Å²) >= 11 is 0. The molecule has 4 heteroatoms. The van der Waals surface area contributed by atoms with Crippen LogP contribution in [0.15, 0.2) is 36.7 Å². The normalized spacial score (nSPS) is 12.9. The lowest BCUT2D eigenvalue weighted by Gasteiger charge is -2.12. The van der Waals surface area contributed by atoms with Crippen molar-refractivity contribution in [2.45, 2.75) is 39.4 Å². The van der Waals surface area contributed by atoms with E-state index in [0.29, 0.717) is 6.04 Å². The second kappa shape index (κ2) is 5.78. The van der Waals surface area contributed by atoms with Crippen molar-refractivity contribution in [3.05, 3.63) is 48.0 Å². The van der Waals surface area contributed by atoms with Crippen LogP contribution < -0.4 is 5.32 Å². The fourth-order valence-corrected chi connectivity index (χ4v) is 1.75. The van der Waals surface area contributed by atoms with Crippen LogP contribution in [-0.2, 0) is 6.54 Å². The predicted octanol–water partition coefficient (Wildman–Crippen LogP) is 2.71. The van der Waals surface area contributed by atoms with Gasteiger partial charge in [0.2, 0.25) is 0 Å². The monoisotopic (exact) mass is 244 g/mol. The zero-order valence-electron chi connectivity index (χ0n) is 11.2. The van der Waals surface area contributed by atoms with Crippen LogP contribution in [0.2, 0.25) is 0 Å². The first-order valence-electron chi connectivity index (χ1n) is 6.35. The molecule has 2 rings (SSSR count). The number of hydrogen-bond donors (Lipinski definition) is 1. The lowest BCUT2D eigenvalue weighted by Crippen LogP contribution is -2.19. The highest BCUT2D eigenvalue weighted by Crippen LogP contribution is 2.09. The topological polar surface area (TPSA) is 42.7 Å². The molecule has 96 valence electrons. The maximum atomic E-state index is 4.51. The van der Waals surface area contributed by atoms with E-state index in [1.54, 1.807) is 0 Å². The van der Waals surface area contributed by atoms with Crippen molar-refractivity contribution in [3.8, 4) is 0 Å². The maximum absolute atomic E-state index is 4.51. The third-order valence-electron chi connectivity index (χ3n) is 2.91. The molecule has 2 heterocycles. The minimum Gasteiger partial charge on any atom is -0.303 e. The van der Waals surface area contributed by atoms with Crippen LogP contribution in [0.1, 0.15) is 44.2 Å². The highest BCUT2D eigenvalue weighted by atomic mass is 15.3. The van der Waals surface area contributed by atoms with Crippen molar-refractivity contribution < 1.29 is 0 Å². The van der Waals surface area contributed by atoms with Gasteiger partial charge in [0.15, 0.2) is 0 Å². The molecule has 0 radical (unpaired) electrons. The molecule has 0 aliphatic carbocycles. The molecule has 0 aliphatic rings. The molecule has 1 unspecified atom stereocenters. The van der Waals surface area contributed by atoms with Crippen LogP contribution in [0.5, 0.6) is 0 Å². The fourth-order valence-electron chi connectivity index (χ4n) is 1.75. The van der Waals surface area contributed by atoms with Crippen LogP contribution in [0.25, 0.3) is 0 Å². The van der Waals surface area contributed by atoms with E-state index in [4.69, 9.17) is 0 Å². The summed E-state index contributed by atoms with van der Waals surface area (Å²) in [5.41, 5.74) is 2.12. The van der Waals surface area contributed by atoms with E-state index in [0.717, 1.165) is 17.9 Å². The van der Waals surface area contributed by atoms with Gasteiger partial charge in [-0.1, -0.05) is 6.07 Å². The average molecular weight is 244 g/mol. The smallest absolute Gasteiger partial charge is 0.0762 e. The molecule has 0 aliphatic heterocycles. The predicted molar refractivity (Wildman–Crippen MR) is 72.1 cm³/mol. The van der Waals surface area contributed by atoms with Gasteiger partial charge in [-0.2, -0.15) is 5.10 Å². The van der Waals surface area contributed by atoms with Crippen LogP contribution in [0.3, 0.4) is 0 Å². The Labute approximate surface area is 108 Å². The summed E-state index contributed by atoms with van der Waals surface area (Å²) in [6.45, 7) is 7.13. The van der Waals surface area contributed by atoms with E-state index in [1.807, 2.05) is 35.3 Å². The number of nitrogens with zero attached hydrogens (tertiary/aromatic N) is 3. The van der Waals surface area contributed by atoms with Gasteiger partial charge in [0.1, 0.15) is 0 Å². The van der Waals surface area contributed by atoms with Crippen LogP contribution >= 0.6 is 0 Å². The maximum Gasteiger partial charge on any atom is 0.0762 e. The van der Waals surface area contributed by atoms with Gasteiger partial charge in [-0.25, -0.2) is 0 Å². The molecular weight excluding hydrogens is 224 g/mol. The molecule has 2 aromatic rings. The second-order valence-electron chi connectivity index (χ2n) is 4.74. The summed E-state index contributed by atoms with van der Waals surface area (Å²) in [4.78, 5) is 4.34. The zero-order valence-corrected chi connectivity index (χ0v) is 11.2. The SMILES string of the molecule is CC(NCc1ccn(C(C)C)n1)c1ccccn1. The Morgan fingerprint density at radius 2 is 2.06 bits per heavy atom. The highest BCUT2D eigenvalue weighted by Gasteiger charge is 2.07. The van der Waals surface area contributed by atoms with Gasteiger partial charge >= 0.3 is 0 Å². The lowest BCUT2D eigenvalue weighted by molar-refractivity contribution is 0.509. The largest absolute Gasteiger partial charge is 0.303 e. The molecule has 1 N–H and O–H groups in total. The van der Waals surface area contributed by atoms with Crippen molar-refractivity contribution in [2.24, 2.45) is 0 Å². The van der Waals surface area contributed by atoms with Gasteiger partial charge in [-0.3, -0.25) is 9.67 Å². The van der Waals surface area contributed by atoms with Gasteiger partial charge in [-0.05, 0) is 39.0 Å². The second-order valence-corrected chi connectivity index (χ2v) is 4.74. The van der Waals surface area contributed by atoms with Crippen molar-refractivity contribution in [1.82, 2.24) is 20.1 Å². The van der Waals surface area contributed by atoms with Gasteiger partial charge in [-0.15, -0.1) is 0 Å². The van der Waals surface area contributed by atoms with Crippen LogP contribution in [0, 0.1) is 0 Å². The molecule has 18 heavy (non-hydrogen) atoms. The average Bonchev–Trinajstić information content (AvgIpc) is 2.86. The minimum absolute atomic E-state index is 0.232. The van der Waals surface area contributed by atoms with E-state index >= 15 is 0 Å². The third kappa shape index (κ3) is 3.17. The Hall–Kier alpha value is -1.68. The standard InChI is InChI=1S/C14H20N4/c1-11(2)18-9-7-13(17-18)10-16-12(3)14-6-4-5-8-15-14/h4-9,11-12,16H,10H2,1-3H3.